The molecule has 0 spiro atoms. The maximum absolute atomic E-state index is 6.17. The van der Waals surface area contributed by atoms with Gasteiger partial charge in [0.2, 0.25) is 0 Å². The number of halogens is 1. The summed E-state index contributed by atoms with van der Waals surface area (Å²) in [5.74, 6) is 1.82. The maximum atomic E-state index is 6.17. The molecule has 0 saturated carbocycles. The summed E-state index contributed by atoms with van der Waals surface area (Å²) in [5, 5.41) is 2.96. The van der Waals surface area contributed by atoms with Gasteiger partial charge in [0.25, 0.3) is 0 Å². The van der Waals surface area contributed by atoms with Crippen molar-refractivity contribution < 1.29 is 9.73 Å². The molecule has 3 nitrogen and oxygen atoms in total. The Balaban J connectivity index is 1.65. The molecule has 1 aromatic carbocycles. The first-order valence-corrected chi connectivity index (χ1v) is 7.66. The van der Waals surface area contributed by atoms with Crippen LogP contribution >= 0.6 is 11.6 Å². The summed E-state index contributed by atoms with van der Waals surface area (Å²) in [6.07, 6.45) is 3.68. The van der Waals surface area contributed by atoms with Crippen LogP contribution in [-0.2, 0) is 13.1 Å². The Hall–Kier alpha value is -2.10. The van der Waals surface area contributed by atoms with Gasteiger partial charge >= 0.3 is 0 Å². The molecule has 0 aliphatic rings. The van der Waals surface area contributed by atoms with Crippen LogP contribution in [0.4, 0.5) is 0 Å². The largest absolute Gasteiger partial charge is 0.455 e. The zero-order chi connectivity index (χ0) is 15.4. The van der Waals surface area contributed by atoms with Crippen LogP contribution in [0.15, 0.2) is 59.3 Å². The third-order valence-corrected chi connectivity index (χ3v) is 4.05. The van der Waals surface area contributed by atoms with Gasteiger partial charge in [0.05, 0.1) is 0 Å². The third-order valence-electron chi connectivity index (χ3n) is 3.64. The highest BCUT2D eigenvalue weighted by Crippen LogP contribution is 2.29. The number of furan rings is 1. The highest BCUT2D eigenvalue weighted by atomic mass is 35.5. The zero-order valence-electron chi connectivity index (χ0n) is 12.4. The second-order valence-corrected chi connectivity index (χ2v) is 5.64. The fourth-order valence-corrected chi connectivity index (χ4v) is 2.58. The summed E-state index contributed by atoms with van der Waals surface area (Å²) in [7, 11) is 0. The minimum absolute atomic E-state index is 0.763. The molecule has 0 aliphatic carbocycles. The standard InChI is InChI=1S/C18H17ClN2O/c1-13-16(5-2-6-17(13)19)18-8-7-15(22-18)12-21-11-14-4-3-9-20-10-14/h2-10,21H,11-12H2,1H3/p+1. The van der Waals surface area contributed by atoms with Crippen LogP contribution in [0.25, 0.3) is 11.3 Å². The molecule has 0 fully saturated rings. The molecule has 0 bridgehead atoms. The number of hydrogen-bond donors (Lipinski definition) is 1. The zero-order valence-corrected chi connectivity index (χ0v) is 13.2. The number of aromatic nitrogens is 1. The summed E-state index contributed by atoms with van der Waals surface area (Å²) in [6.45, 7) is 3.70. The first kappa shape index (κ1) is 14.8. The Morgan fingerprint density at radius 2 is 2.00 bits per heavy atom. The fourth-order valence-electron chi connectivity index (χ4n) is 2.41. The van der Waals surface area contributed by atoms with E-state index >= 15 is 0 Å². The number of pyridine rings is 1. The van der Waals surface area contributed by atoms with Crippen molar-refractivity contribution in [2.45, 2.75) is 20.0 Å². The Kier molecular flexibility index (Phi) is 4.56. The molecule has 112 valence electrons. The van der Waals surface area contributed by atoms with Crippen LogP contribution in [0.1, 0.15) is 16.9 Å². The molecule has 0 atom stereocenters. The van der Waals surface area contributed by atoms with Crippen LogP contribution in [0, 0.1) is 6.92 Å². The average molecular weight is 314 g/mol. The van der Waals surface area contributed by atoms with Crippen molar-refractivity contribution >= 4 is 11.6 Å². The van der Waals surface area contributed by atoms with E-state index in [0.717, 1.165) is 40.8 Å². The maximum Gasteiger partial charge on any atom is 0.158 e. The van der Waals surface area contributed by atoms with E-state index < -0.39 is 0 Å². The molecule has 2 aromatic heterocycles. The lowest BCUT2D eigenvalue weighted by Gasteiger charge is -2.04. The van der Waals surface area contributed by atoms with E-state index in [4.69, 9.17) is 16.0 Å². The van der Waals surface area contributed by atoms with E-state index in [1.54, 1.807) is 6.20 Å². The molecule has 2 heterocycles. The summed E-state index contributed by atoms with van der Waals surface area (Å²) < 4.78 is 5.94. The van der Waals surface area contributed by atoms with E-state index in [9.17, 15) is 0 Å². The topological polar surface area (TPSA) is 42.6 Å². The van der Waals surface area contributed by atoms with Crippen molar-refractivity contribution in [1.29, 1.82) is 0 Å². The van der Waals surface area contributed by atoms with Gasteiger partial charge in [-0.3, -0.25) is 4.98 Å². The normalized spacial score (nSPS) is 10.8. The first-order valence-electron chi connectivity index (χ1n) is 7.29. The Labute approximate surface area is 135 Å². The highest BCUT2D eigenvalue weighted by molar-refractivity contribution is 6.31. The fraction of sp³-hybridized carbons (Fsp3) is 0.167. The van der Waals surface area contributed by atoms with Crippen LogP contribution in [0.2, 0.25) is 5.02 Å². The summed E-state index contributed by atoms with van der Waals surface area (Å²) in [4.78, 5) is 4.12. The quantitative estimate of drug-likeness (QED) is 0.782. The summed E-state index contributed by atoms with van der Waals surface area (Å²) in [6, 6.07) is 13.9. The van der Waals surface area contributed by atoms with Crippen molar-refractivity contribution in [3.05, 3.63) is 76.8 Å². The Morgan fingerprint density at radius 3 is 2.82 bits per heavy atom. The molecule has 4 heteroatoms. The smallest absolute Gasteiger partial charge is 0.158 e. The van der Waals surface area contributed by atoms with Crippen molar-refractivity contribution in [2.75, 3.05) is 0 Å². The predicted octanol–water partition coefficient (Wildman–Crippen LogP) is 3.57. The van der Waals surface area contributed by atoms with Crippen LogP contribution in [0.3, 0.4) is 0 Å². The van der Waals surface area contributed by atoms with Crippen LogP contribution in [0.5, 0.6) is 0 Å². The molecule has 0 saturated heterocycles. The van der Waals surface area contributed by atoms with Crippen LogP contribution < -0.4 is 5.32 Å². The van der Waals surface area contributed by atoms with E-state index in [0.29, 0.717) is 0 Å². The molecule has 2 N–H and O–H groups in total. The SMILES string of the molecule is Cc1c(Cl)cccc1-c1ccc(C[NH2+]Cc2cccnc2)o1. The molecular formula is C18H18ClN2O+. The van der Waals surface area contributed by atoms with Gasteiger partial charge in [-0.15, -0.1) is 0 Å². The highest BCUT2D eigenvalue weighted by Gasteiger charge is 2.10. The van der Waals surface area contributed by atoms with E-state index in [1.165, 1.54) is 5.56 Å². The van der Waals surface area contributed by atoms with Crippen molar-refractivity contribution in [2.24, 2.45) is 0 Å². The molecule has 0 amide bonds. The van der Waals surface area contributed by atoms with Gasteiger partial charge in [0.15, 0.2) is 5.76 Å². The van der Waals surface area contributed by atoms with Gasteiger partial charge in [-0.25, -0.2) is 0 Å². The van der Waals surface area contributed by atoms with Crippen molar-refractivity contribution in [3.8, 4) is 11.3 Å². The van der Waals surface area contributed by atoms with Crippen molar-refractivity contribution in [3.63, 3.8) is 0 Å². The van der Waals surface area contributed by atoms with Gasteiger partial charge in [-0.1, -0.05) is 29.8 Å². The lowest BCUT2D eigenvalue weighted by atomic mass is 10.1. The summed E-state index contributed by atoms with van der Waals surface area (Å²) in [5.41, 5.74) is 3.30. The molecule has 22 heavy (non-hydrogen) atoms. The molecule has 0 aliphatic heterocycles. The number of quaternary nitrogens is 1. The minimum atomic E-state index is 0.763. The molecule has 0 radical (unpaired) electrons. The Bertz CT molecular complexity index is 753. The van der Waals surface area contributed by atoms with Crippen LogP contribution in [-0.4, -0.2) is 4.98 Å². The second kappa shape index (κ2) is 6.77. The van der Waals surface area contributed by atoms with Crippen molar-refractivity contribution in [1.82, 2.24) is 4.98 Å². The first-order chi connectivity index (χ1) is 10.7. The minimum Gasteiger partial charge on any atom is -0.455 e. The van der Waals surface area contributed by atoms with Gasteiger partial charge in [0.1, 0.15) is 18.8 Å². The number of benzene rings is 1. The molecule has 3 rings (SSSR count). The monoisotopic (exact) mass is 313 g/mol. The number of nitrogens with zero attached hydrogens (tertiary/aromatic N) is 1. The van der Waals surface area contributed by atoms with E-state index in [-0.39, 0.29) is 0 Å². The Morgan fingerprint density at radius 1 is 1.09 bits per heavy atom. The molecular weight excluding hydrogens is 296 g/mol. The van der Waals surface area contributed by atoms with Gasteiger partial charge < -0.3 is 9.73 Å². The molecule has 0 unspecified atom stereocenters. The number of hydrogen-bond acceptors (Lipinski definition) is 2. The summed E-state index contributed by atoms with van der Waals surface area (Å²) >= 11 is 6.17. The van der Waals surface area contributed by atoms with E-state index in [2.05, 4.69) is 16.4 Å². The van der Waals surface area contributed by atoms with Gasteiger partial charge in [-0.2, -0.15) is 0 Å². The lowest BCUT2D eigenvalue weighted by Crippen LogP contribution is -2.80. The predicted molar refractivity (Wildman–Crippen MR) is 87.5 cm³/mol. The average Bonchev–Trinajstić information content (AvgIpc) is 3.00. The third kappa shape index (κ3) is 3.38. The molecule has 3 aromatic rings. The van der Waals surface area contributed by atoms with Gasteiger partial charge in [-0.05, 0) is 36.8 Å². The van der Waals surface area contributed by atoms with E-state index in [1.807, 2.05) is 49.5 Å². The lowest BCUT2D eigenvalue weighted by molar-refractivity contribution is -0.688. The number of rotatable bonds is 5. The second-order valence-electron chi connectivity index (χ2n) is 5.24. The van der Waals surface area contributed by atoms with Gasteiger partial charge in [0, 0.05) is 28.5 Å². The number of nitrogens with two attached hydrogens (primary N) is 1.